The number of H-pyrrole nitrogens is 1. The van der Waals surface area contributed by atoms with Gasteiger partial charge in [-0.25, -0.2) is 0 Å². The predicted octanol–water partition coefficient (Wildman–Crippen LogP) is 11.1. The standard InChI is InChI=1S/C38H22N2S/c1-2-10-23-19-24(18-17-22(23)9-1)40-32-16-8-6-11-25(32)29-20-30-34(21-33(29)40)41-38-27-13-4-3-12-26(27)37-35(36(30)38)28-14-5-7-15-31(28)39-37/h1-21,39H. The quantitative estimate of drug-likeness (QED) is 0.215. The lowest BCUT2D eigenvalue weighted by Gasteiger charge is -2.09. The predicted molar refractivity (Wildman–Crippen MR) is 178 cm³/mol. The number of fused-ring (bicyclic) bond motifs is 14. The highest BCUT2D eigenvalue weighted by molar-refractivity contribution is 7.27. The van der Waals surface area contributed by atoms with Crippen molar-refractivity contribution in [2.75, 3.05) is 0 Å². The summed E-state index contributed by atoms with van der Waals surface area (Å²) in [5.41, 5.74) is 6.10. The van der Waals surface area contributed by atoms with Crippen LogP contribution in [0, 0.1) is 0 Å². The van der Waals surface area contributed by atoms with Crippen molar-refractivity contribution in [3.8, 4) is 5.69 Å². The number of aromatic nitrogens is 2. The van der Waals surface area contributed by atoms with Crippen molar-refractivity contribution < 1.29 is 0 Å². The highest BCUT2D eigenvalue weighted by atomic mass is 32.1. The van der Waals surface area contributed by atoms with Gasteiger partial charge in [0.2, 0.25) is 0 Å². The number of aromatic amines is 1. The van der Waals surface area contributed by atoms with Crippen molar-refractivity contribution >= 4 is 96.7 Å². The highest BCUT2D eigenvalue weighted by Crippen LogP contribution is 2.48. The average Bonchev–Trinajstić information content (AvgIpc) is 3.69. The summed E-state index contributed by atoms with van der Waals surface area (Å²) in [7, 11) is 0. The van der Waals surface area contributed by atoms with Gasteiger partial charge in [-0.3, -0.25) is 0 Å². The third-order valence-corrected chi connectivity index (χ3v) is 10.1. The maximum Gasteiger partial charge on any atom is 0.0555 e. The number of rotatable bonds is 1. The summed E-state index contributed by atoms with van der Waals surface area (Å²) in [6.45, 7) is 0. The van der Waals surface area contributed by atoms with Crippen molar-refractivity contribution in [1.29, 1.82) is 0 Å². The van der Waals surface area contributed by atoms with Crippen LogP contribution in [0.5, 0.6) is 0 Å². The van der Waals surface area contributed by atoms with Crippen LogP contribution < -0.4 is 0 Å². The smallest absolute Gasteiger partial charge is 0.0555 e. The molecule has 0 spiro atoms. The molecule has 0 aliphatic rings. The molecule has 1 N–H and O–H groups in total. The first-order valence-electron chi connectivity index (χ1n) is 14.0. The molecule has 10 rings (SSSR count). The van der Waals surface area contributed by atoms with Crippen LogP contribution in [0.1, 0.15) is 0 Å². The van der Waals surface area contributed by atoms with Crippen LogP contribution in [0.2, 0.25) is 0 Å². The Bertz CT molecular complexity index is 2700. The summed E-state index contributed by atoms with van der Waals surface area (Å²) >= 11 is 1.92. The number of para-hydroxylation sites is 2. The molecule has 3 aromatic heterocycles. The molecular weight excluding hydrogens is 516 g/mol. The number of nitrogens with one attached hydrogen (secondary N) is 1. The van der Waals surface area contributed by atoms with E-state index in [9.17, 15) is 0 Å². The molecule has 2 nitrogen and oxygen atoms in total. The Hall–Kier alpha value is -5.12. The molecule has 3 heterocycles. The van der Waals surface area contributed by atoms with E-state index < -0.39 is 0 Å². The van der Waals surface area contributed by atoms with Gasteiger partial charge in [-0.05, 0) is 47.2 Å². The molecule has 0 amide bonds. The van der Waals surface area contributed by atoms with E-state index >= 15 is 0 Å². The van der Waals surface area contributed by atoms with Gasteiger partial charge < -0.3 is 9.55 Å². The molecule has 0 bridgehead atoms. The fourth-order valence-corrected chi connectivity index (χ4v) is 8.36. The van der Waals surface area contributed by atoms with Crippen molar-refractivity contribution in [2.45, 2.75) is 0 Å². The van der Waals surface area contributed by atoms with Gasteiger partial charge in [-0.15, -0.1) is 11.3 Å². The van der Waals surface area contributed by atoms with Crippen molar-refractivity contribution in [3.63, 3.8) is 0 Å². The van der Waals surface area contributed by atoms with Gasteiger partial charge in [-0.2, -0.15) is 0 Å². The lowest BCUT2D eigenvalue weighted by molar-refractivity contribution is 1.19. The van der Waals surface area contributed by atoms with Gasteiger partial charge in [-0.1, -0.05) is 91.0 Å². The van der Waals surface area contributed by atoms with E-state index in [0.29, 0.717) is 0 Å². The zero-order valence-electron chi connectivity index (χ0n) is 22.0. The monoisotopic (exact) mass is 538 g/mol. The molecule has 190 valence electrons. The molecule has 0 saturated heterocycles. The van der Waals surface area contributed by atoms with Gasteiger partial charge in [0.25, 0.3) is 0 Å². The average molecular weight is 539 g/mol. The summed E-state index contributed by atoms with van der Waals surface area (Å²) < 4.78 is 5.13. The zero-order chi connectivity index (χ0) is 26.7. The zero-order valence-corrected chi connectivity index (χ0v) is 22.8. The van der Waals surface area contributed by atoms with E-state index in [-0.39, 0.29) is 0 Å². The molecule has 3 heteroatoms. The van der Waals surface area contributed by atoms with Crippen molar-refractivity contribution in [3.05, 3.63) is 127 Å². The van der Waals surface area contributed by atoms with Crippen LogP contribution in [-0.4, -0.2) is 9.55 Å². The number of thiophene rings is 1. The molecule has 0 radical (unpaired) electrons. The van der Waals surface area contributed by atoms with Gasteiger partial charge >= 0.3 is 0 Å². The van der Waals surface area contributed by atoms with Crippen LogP contribution in [0.25, 0.3) is 91.0 Å². The van der Waals surface area contributed by atoms with Crippen LogP contribution >= 0.6 is 11.3 Å². The van der Waals surface area contributed by atoms with Crippen molar-refractivity contribution in [2.24, 2.45) is 0 Å². The molecule has 0 aliphatic carbocycles. The Balaban J connectivity index is 1.41. The molecular formula is C38H22N2S. The van der Waals surface area contributed by atoms with Crippen molar-refractivity contribution in [1.82, 2.24) is 9.55 Å². The second-order valence-corrected chi connectivity index (χ2v) is 12.1. The molecule has 0 fully saturated rings. The van der Waals surface area contributed by atoms with Crippen LogP contribution in [0.4, 0.5) is 0 Å². The van der Waals surface area contributed by atoms with Crippen LogP contribution in [-0.2, 0) is 0 Å². The van der Waals surface area contributed by atoms with Gasteiger partial charge in [0.1, 0.15) is 0 Å². The third-order valence-electron chi connectivity index (χ3n) is 8.87. The fourth-order valence-electron chi connectivity index (χ4n) is 7.09. The van der Waals surface area contributed by atoms with E-state index in [2.05, 4.69) is 137 Å². The van der Waals surface area contributed by atoms with E-state index in [1.165, 1.54) is 91.0 Å². The summed E-state index contributed by atoms with van der Waals surface area (Å²) in [5.74, 6) is 0. The first kappa shape index (κ1) is 21.7. The topological polar surface area (TPSA) is 20.7 Å². The normalized spacial score (nSPS) is 12.4. The molecule has 41 heavy (non-hydrogen) atoms. The van der Waals surface area contributed by atoms with Gasteiger partial charge in [0.05, 0.1) is 16.6 Å². The minimum absolute atomic E-state index is 1.19. The minimum atomic E-state index is 1.19. The Kier molecular flexibility index (Phi) is 4.10. The SMILES string of the molecule is c1ccc2cc(-n3c4ccccc4c4cc5c(cc43)sc3c4ccccc4c4[nH]c6ccccc6c4c53)ccc2c1. The summed E-state index contributed by atoms with van der Waals surface area (Å²) in [5, 5.41) is 13.0. The van der Waals surface area contributed by atoms with E-state index in [1.807, 2.05) is 11.3 Å². The Morgan fingerprint density at radius 3 is 2.12 bits per heavy atom. The molecule has 0 unspecified atom stereocenters. The molecule has 0 aliphatic heterocycles. The molecule has 0 atom stereocenters. The van der Waals surface area contributed by atoms with Gasteiger partial charge in [0.15, 0.2) is 0 Å². The largest absolute Gasteiger partial charge is 0.354 e. The number of hydrogen-bond donors (Lipinski definition) is 1. The lowest BCUT2D eigenvalue weighted by atomic mass is 9.99. The van der Waals surface area contributed by atoms with E-state index in [0.717, 1.165) is 0 Å². The molecule has 0 saturated carbocycles. The van der Waals surface area contributed by atoms with Gasteiger partial charge in [0, 0.05) is 63.7 Å². The fraction of sp³-hybridized carbons (Fsp3) is 0. The Morgan fingerprint density at radius 2 is 1.22 bits per heavy atom. The third kappa shape index (κ3) is 2.81. The maximum absolute atomic E-state index is 3.78. The van der Waals surface area contributed by atoms with E-state index in [1.54, 1.807) is 0 Å². The summed E-state index contributed by atoms with van der Waals surface area (Å²) in [4.78, 5) is 3.78. The Morgan fingerprint density at radius 1 is 0.488 bits per heavy atom. The molecule has 10 aromatic rings. The van der Waals surface area contributed by atoms with E-state index in [4.69, 9.17) is 0 Å². The summed E-state index contributed by atoms with van der Waals surface area (Å²) in [6, 6.07) is 46.7. The first-order valence-corrected chi connectivity index (χ1v) is 14.8. The van der Waals surface area contributed by atoms with Crippen LogP contribution in [0.15, 0.2) is 127 Å². The number of nitrogens with zero attached hydrogens (tertiary/aromatic N) is 1. The minimum Gasteiger partial charge on any atom is -0.354 e. The Labute approximate surface area is 238 Å². The van der Waals surface area contributed by atoms with Crippen LogP contribution in [0.3, 0.4) is 0 Å². The number of hydrogen-bond acceptors (Lipinski definition) is 1. The lowest BCUT2D eigenvalue weighted by Crippen LogP contribution is -1.93. The number of benzene rings is 7. The maximum atomic E-state index is 3.78. The second kappa shape index (κ2) is 7.75. The highest BCUT2D eigenvalue weighted by Gasteiger charge is 2.20. The summed E-state index contributed by atoms with van der Waals surface area (Å²) in [6.07, 6.45) is 0. The first-order chi connectivity index (χ1) is 20.3. The molecule has 7 aromatic carbocycles. The second-order valence-electron chi connectivity index (χ2n) is 11.0.